The van der Waals surface area contributed by atoms with Crippen molar-refractivity contribution in [1.29, 1.82) is 0 Å². The van der Waals surface area contributed by atoms with Crippen molar-refractivity contribution in [3.8, 4) is 56.4 Å². The average Bonchev–Trinajstić information content (AvgIpc) is 3.14. The third kappa shape index (κ3) is 6.42. The number of pyridine rings is 1. The van der Waals surface area contributed by atoms with Gasteiger partial charge < -0.3 is 23.5 Å². The minimum Gasteiger partial charge on any atom is -0.493 e. The van der Waals surface area contributed by atoms with Gasteiger partial charge >= 0.3 is 0 Å². The Morgan fingerprint density at radius 2 is 1.12 bits per heavy atom. The SMILES string of the molecule is C/C=C\N=c1\c(-c2cc(OC)c(OC)cc2Cc2cc(-c3ccccc3)cc(-c3ccccc3)c2)cc2cc(OC)c(OC)cc2n1C. The number of aromatic nitrogens is 1. The summed E-state index contributed by atoms with van der Waals surface area (Å²) in [6.07, 6.45) is 4.40. The van der Waals surface area contributed by atoms with Crippen LogP contribution < -0.4 is 24.4 Å². The fourth-order valence-electron chi connectivity index (χ4n) is 6.23. The highest BCUT2D eigenvalue weighted by Gasteiger charge is 2.19. The topological polar surface area (TPSA) is 54.2 Å². The van der Waals surface area contributed by atoms with Crippen LogP contribution in [0.2, 0.25) is 0 Å². The van der Waals surface area contributed by atoms with Gasteiger partial charge in [-0.3, -0.25) is 0 Å². The summed E-state index contributed by atoms with van der Waals surface area (Å²) >= 11 is 0. The zero-order valence-corrected chi connectivity index (χ0v) is 28.3. The summed E-state index contributed by atoms with van der Waals surface area (Å²) in [7, 11) is 8.66. The first-order chi connectivity index (χ1) is 23.5. The van der Waals surface area contributed by atoms with Crippen LogP contribution in [0.1, 0.15) is 18.1 Å². The van der Waals surface area contributed by atoms with Gasteiger partial charge in [0.2, 0.25) is 0 Å². The molecule has 0 N–H and O–H groups in total. The molecule has 0 fully saturated rings. The molecule has 48 heavy (non-hydrogen) atoms. The van der Waals surface area contributed by atoms with Gasteiger partial charge in [-0.1, -0.05) is 78.9 Å². The molecule has 0 saturated carbocycles. The van der Waals surface area contributed by atoms with Gasteiger partial charge in [0.15, 0.2) is 23.0 Å². The van der Waals surface area contributed by atoms with Crippen LogP contribution in [0.15, 0.2) is 126 Å². The fourth-order valence-corrected chi connectivity index (χ4v) is 6.23. The minimum atomic E-state index is 0.645. The molecule has 0 spiro atoms. The summed E-state index contributed by atoms with van der Waals surface area (Å²) in [4.78, 5) is 4.94. The largest absolute Gasteiger partial charge is 0.493 e. The summed E-state index contributed by atoms with van der Waals surface area (Å²) in [6, 6.07) is 38.2. The normalized spacial score (nSPS) is 11.7. The number of benzene rings is 5. The monoisotopic (exact) mass is 636 g/mol. The Hall–Kier alpha value is -5.75. The molecule has 0 aliphatic carbocycles. The van der Waals surface area contributed by atoms with E-state index < -0.39 is 0 Å². The maximum Gasteiger partial charge on any atom is 0.162 e. The Labute approximate surface area is 282 Å². The van der Waals surface area contributed by atoms with E-state index in [2.05, 4.69) is 89.5 Å². The van der Waals surface area contributed by atoms with E-state index >= 15 is 0 Å². The highest BCUT2D eigenvalue weighted by Crippen LogP contribution is 2.39. The second-order valence-corrected chi connectivity index (χ2v) is 11.5. The maximum atomic E-state index is 5.85. The number of rotatable bonds is 10. The number of hydrogen-bond acceptors (Lipinski definition) is 5. The third-order valence-electron chi connectivity index (χ3n) is 8.60. The van der Waals surface area contributed by atoms with Crippen molar-refractivity contribution in [1.82, 2.24) is 4.57 Å². The van der Waals surface area contributed by atoms with Crippen LogP contribution in [0, 0.1) is 0 Å². The lowest BCUT2D eigenvalue weighted by atomic mass is 9.90. The van der Waals surface area contributed by atoms with E-state index in [9.17, 15) is 0 Å². The molecule has 6 rings (SSSR count). The first-order valence-electron chi connectivity index (χ1n) is 15.9. The standard InChI is InChI=1S/C42H40N2O4/c1-7-18-43-42-36(23-34-25-39(46-4)41(48-6)27-37(34)44(42)2)35-26-40(47-5)38(45-3)24-33(35)21-28-19-31(29-14-10-8-11-15-29)22-32(20-28)30-16-12-9-13-17-30/h7-20,22-27H,21H2,1-6H3/b18-7-,43-42-. The molecule has 0 aliphatic rings. The Bertz CT molecular complexity index is 2110. The van der Waals surface area contributed by atoms with Crippen molar-refractivity contribution >= 4 is 10.9 Å². The predicted molar refractivity (Wildman–Crippen MR) is 195 cm³/mol. The van der Waals surface area contributed by atoms with Crippen molar-refractivity contribution in [2.75, 3.05) is 28.4 Å². The molecule has 0 aliphatic heterocycles. The van der Waals surface area contributed by atoms with Crippen molar-refractivity contribution in [3.05, 3.63) is 138 Å². The molecule has 1 heterocycles. The van der Waals surface area contributed by atoms with E-state index in [1.807, 2.05) is 50.5 Å². The van der Waals surface area contributed by atoms with E-state index in [1.165, 1.54) is 16.7 Å². The molecule has 5 aromatic carbocycles. The van der Waals surface area contributed by atoms with E-state index in [-0.39, 0.29) is 0 Å². The number of nitrogens with zero attached hydrogens (tertiary/aromatic N) is 2. The second kappa shape index (κ2) is 14.3. The Balaban J connectivity index is 1.62. The number of allylic oxidation sites excluding steroid dienone is 1. The van der Waals surface area contributed by atoms with Gasteiger partial charge in [-0.2, -0.15) is 0 Å². The minimum absolute atomic E-state index is 0.645. The van der Waals surface area contributed by atoms with Gasteiger partial charge in [-0.05, 0) is 82.6 Å². The number of hydrogen-bond donors (Lipinski definition) is 0. The molecule has 0 saturated heterocycles. The van der Waals surface area contributed by atoms with Gasteiger partial charge in [0, 0.05) is 30.3 Å². The predicted octanol–water partition coefficient (Wildman–Crippen LogP) is 9.24. The maximum absolute atomic E-state index is 5.85. The number of ether oxygens (including phenoxy) is 4. The Morgan fingerprint density at radius 1 is 0.583 bits per heavy atom. The van der Waals surface area contributed by atoms with Crippen molar-refractivity contribution in [2.45, 2.75) is 13.3 Å². The van der Waals surface area contributed by atoms with Crippen molar-refractivity contribution in [3.63, 3.8) is 0 Å². The van der Waals surface area contributed by atoms with Crippen LogP contribution in [-0.2, 0) is 13.5 Å². The Morgan fingerprint density at radius 3 is 1.69 bits per heavy atom. The molecule has 0 bridgehead atoms. The molecular weight excluding hydrogens is 596 g/mol. The lowest BCUT2D eigenvalue weighted by Gasteiger charge is -2.19. The van der Waals surface area contributed by atoms with E-state index in [1.54, 1.807) is 28.4 Å². The van der Waals surface area contributed by atoms with E-state index in [4.69, 9.17) is 23.9 Å². The van der Waals surface area contributed by atoms with Crippen LogP contribution in [0.25, 0.3) is 44.3 Å². The van der Waals surface area contributed by atoms with Crippen LogP contribution in [0.5, 0.6) is 23.0 Å². The third-order valence-corrected chi connectivity index (χ3v) is 8.60. The number of aryl methyl sites for hydroxylation is 1. The van der Waals surface area contributed by atoms with Crippen LogP contribution >= 0.6 is 0 Å². The second-order valence-electron chi connectivity index (χ2n) is 11.5. The van der Waals surface area contributed by atoms with E-state index in [0.29, 0.717) is 29.4 Å². The summed E-state index contributed by atoms with van der Waals surface area (Å²) in [6.45, 7) is 1.96. The summed E-state index contributed by atoms with van der Waals surface area (Å²) < 4.78 is 25.1. The lowest BCUT2D eigenvalue weighted by molar-refractivity contribution is 0.355. The smallest absolute Gasteiger partial charge is 0.162 e. The molecule has 242 valence electrons. The van der Waals surface area contributed by atoms with Crippen molar-refractivity contribution < 1.29 is 18.9 Å². The molecular formula is C42H40N2O4. The first-order valence-corrected chi connectivity index (χ1v) is 15.9. The zero-order chi connectivity index (χ0) is 33.6. The quantitative estimate of drug-likeness (QED) is 0.150. The van der Waals surface area contributed by atoms with Gasteiger partial charge in [-0.25, -0.2) is 4.99 Å². The molecule has 0 unspecified atom stereocenters. The summed E-state index contributed by atoms with van der Waals surface area (Å²) in [5.41, 5.74) is 10.6. The average molecular weight is 637 g/mol. The molecule has 6 heteroatoms. The van der Waals surface area contributed by atoms with Gasteiger partial charge in [0.1, 0.15) is 5.49 Å². The van der Waals surface area contributed by atoms with Crippen molar-refractivity contribution in [2.24, 2.45) is 12.0 Å². The van der Waals surface area contributed by atoms with Gasteiger partial charge in [0.05, 0.1) is 34.0 Å². The highest BCUT2D eigenvalue weighted by molar-refractivity contribution is 5.88. The summed E-state index contributed by atoms with van der Waals surface area (Å²) in [5, 5.41) is 0.989. The fraction of sp³-hybridized carbons (Fsp3) is 0.167. The molecule has 6 aromatic rings. The van der Waals surface area contributed by atoms with Gasteiger partial charge in [-0.15, -0.1) is 0 Å². The molecule has 0 radical (unpaired) electrons. The lowest BCUT2D eigenvalue weighted by Crippen LogP contribution is -2.21. The molecule has 1 aromatic heterocycles. The zero-order valence-electron chi connectivity index (χ0n) is 28.3. The number of fused-ring (bicyclic) bond motifs is 1. The Kier molecular flexibility index (Phi) is 9.62. The highest BCUT2D eigenvalue weighted by atomic mass is 16.5. The van der Waals surface area contributed by atoms with E-state index in [0.717, 1.165) is 44.2 Å². The van der Waals surface area contributed by atoms with Gasteiger partial charge in [0.25, 0.3) is 0 Å². The number of methoxy groups -OCH3 is 4. The van der Waals surface area contributed by atoms with Crippen LogP contribution in [0.3, 0.4) is 0 Å². The first kappa shape index (κ1) is 32.2. The molecule has 6 nitrogen and oxygen atoms in total. The summed E-state index contributed by atoms with van der Waals surface area (Å²) in [5.74, 6) is 2.63. The molecule has 0 atom stereocenters. The van der Waals surface area contributed by atoms with Crippen LogP contribution in [-0.4, -0.2) is 33.0 Å². The van der Waals surface area contributed by atoms with Crippen LogP contribution in [0.4, 0.5) is 0 Å². The molecule has 0 amide bonds.